The summed E-state index contributed by atoms with van der Waals surface area (Å²) in [4.78, 5) is 12.5. The van der Waals surface area contributed by atoms with Crippen molar-refractivity contribution in [3.8, 4) is 0 Å². The second-order valence-corrected chi connectivity index (χ2v) is 6.96. The van der Waals surface area contributed by atoms with Crippen LogP contribution < -0.4 is 5.32 Å². The van der Waals surface area contributed by atoms with Crippen LogP contribution in [0.4, 0.5) is 5.82 Å². The number of rotatable bonds is 6. The van der Waals surface area contributed by atoms with E-state index >= 15 is 0 Å². The monoisotopic (exact) mass is 397 g/mol. The first-order valence-corrected chi connectivity index (χ1v) is 9.62. The van der Waals surface area contributed by atoms with Gasteiger partial charge in [0.25, 0.3) is 5.91 Å². The molecule has 0 aliphatic rings. The van der Waals surface area contributed by atoms with Gasteiger partial charge in [0.2, 0.25) is 0 Å². The van der Waals surface area contributed by atoms with E-state index < -0.39 is 0 Å². The summed E-state index contributed by atoms with van der Waals surface area (Å²) in [6.45, 7) is 1.09. The van der Waals surface area contributed by atoms with Gasteiger partial charge in [-0.2, -0.15) is 10.2 Å². The smallest absolute Gasteiger partial charge is 0.292 e. The lowest BCUT2D eigenvalue weighted by atomic mass is 10.0. The van der Waals surface area contributed by atoms with Crippen molar-refractivity contribution in [2.75, 3.05) is 5.32 Å². The first-order valence-electron chi connectivity index (χ1n) is 9.62. The molecule has 0 fully saturated rings. The van der Waals surface area contributed by atoms with Crippen LogP contribution in [0.25, 0.3) is 10.8 Å². The van der Waals surface area contributed by atoms with Gasteiger partial charge < -0.3 is 9.73 Å². The molecule has 30 heavy (non-hydrogen) atoms. The fourth-order valence-electron chi connectivity index (χ4n) is 3.44. The number of amides is 1. The third-order valence-corrected chi connectivity index (χ3v) is 4.86. The predicted octanol–water partition coefficient (Wildman–Crippen LogP) is 4.17. The van der Waals surface area contributed by atoms with Gasteiger partial charge in [0, 0.05) is 24.7 Å². The van der Waals surface area contributed by atoms with E-state index in [1.165, 1.54) is 16.3 Å². The van der Waals surface area contributed by atoms with Gasteiger partial charge in [-0.3, -0.25) is 14.2 Å². The summed E-state index contributed by atoms with van der Waals surface area (Å²) in [6, 6.07) is 21.5. The summed E-state index contributed by atoms with van der Waals surface area (Å²) in [6.07, 6.45) is 5.39. The summed E-state index contributed by atoms with van der Waals surface area (Å²) in [5.74, 6) is 1.04. The first kappa shape index (κ1) is 17.9. The molecule has 3 aromatic heterocycles. The lowest BCUT2D eigenvalue weighted by molar-refractivity contribution is 0.0994. The van der Waals surface area contributed by atoms with Crippen molar-refractivity contribution in [1.82, 2.24) is 19.6 Å². The van der Waals surface area contributed by atoms with Crippen LogP contribution in [0.1, 0.15) is 21.9 Å². The number of aromatic nitrogens is 4. The molecule has 3 heterocycles. The van der Waals surface area contributed by atoms with Crippen molar-refractivity contribution in [3.63, 3.8) is 0 Å². The molecule has 5 aromatic rings. The molecule has 0 unspecified atom stereocenters. The number of nitrogens with one attached hydrogen (secondary N) is 1. The zero-order valence-electron chi connectivity index (χ0n) is 16.1. The van der Waals surface area contributed by atoms with E-state index in [9.17, 15) is 4.79 Å². The minimum atomic E-state index is -0.336. The van der Waals surface area contributed by atoms with Crippen LogP contribution in [-0.2, 0) is 13.1 Å². The Morgan fingerprint density at radius 1 is 0.900 bits per heavy atom. The van der Waals surface area contributed by atoms with Gasteiger partial charge >= 0.3 is 0 Å². The maximum Gasteiger partial charge on any atom is 0.292 e. The molecule has 148 valence electrons. The van der Waals surface area contributed by atoms with Gasteiger partial charge in [-0.15, -0.1) is 0 Å². The number of carbonyl (C=O) groups excluding carboxylic acids is 1. The van der Waals surface area contributed by atoms with Crippen molar-refractivity contribution in [1.29, 1.82) is 0 Å². The molecule has 1 N–H and O–H groups in total. The maximum atomic E-state index is 12.5. The maximum absolute atomic E-state index is 12.5. The Kier molecular flexibility index (Phi) is 4.61. The average Bonchev–Trinajstić information content (AvgIpc) is 3.52. The molecular weight excluding hydrogens is 378 g/mol. The molecule has 0 spiro atoms. The Morgan fingerprint density at radius 2 is 1.80 bits per heavy atom. The lowest BCUT2D eigenvalue weighted by Crippen LogP contribution is -2.12. The second kappa shape index (κ2) is 7.71. The van der Waals surface area contributed by atoms with E-state index in [1.807, 2.05) is 41.3 Å². The summed E-state index contributed by atoms with van der Waals surface area (Å²) < 4.78 is 9.17. The number of anilines is 1. The fraction of sp³-hybridized carbons (Fsp3) is 0.0870. The highest BCUT2D eigenvalue weighted by atomic mass is 16.4. The summed E-state index contributed by atoms with van der Waals surface area (Å²) in [5, 5.41) is 13.8. The van der Waals surface area contributed by atoms with E-state index in [1.54, 1.807) is 29.1 Å². The molecule has 0 saturated heterocycles. The summed E-state index contributed by atoms with van der Waals surface area (Å²) in [5.41, 5.74) is 1.17. The predicted molar refractivity (Wildman–Crippen MR) is 113 cm³/mol. The zero-order valence-corrected chi connectivity index (χ0v) is 16.1. The highest BCUT2D eigenvalue weighted by Crippen LogP contribution is 2.20. The standard InChI is InChI=1S/C23H19N5O2/c29-23(21-10-9-19(30-21)16-27-13-4-12-24-27)25-22-11-14-28(26-22)15-18-7-3-6-17-5-1-2-8-20(17)18/h1-14H,15-16H2,(H,25,26,29). The molecule has 0 bridgehead atoms. The van der Waals surface area contributed by atoms with Crippen LogP contribution in [0, 0.1) is 0 Å². The van der Waals surface area contributed by atoms with Gasteiger partial charge in [0.15, 0.2) is 11.6 Å². The topological polar surface area (TPSA) is 77.9 Å². The van der Waals surface area contributed by atoms with Crippen molar-refractivity contribution in [2.24, 2.45) is 0 Å². The number of benzene rings is 2. The molecule has 0 saturated carbocycles. The molecule has 2 aromatic carbocycles. The van der Waals surface area contributed by atoms with E-state index in [0.717, 1.165) is 0 Å². The largest absolute Gasteiger partial charge is 0.454 e. The van der Waals surface area contributed by atoms with E-state index in [2.05, 4.69) is 39.8 Å². The van der Waals surface area contributed by atoms with Crippen molar-refractivity contribution in [2.45, 2.75) is 13.1 Å². The Bertz CT molecular complexity index is 1290. The Balaban J connectivity index is 1.27. The number of furan rings is 1. The lowest BCUT2D eigenvalue weighted by Gasteiger charge is -2.06. The van der Waals surface area contributed by atoms with E-state index in [0.29, 0.717) is 24.7 Å². The van der Waals surface area contributed by atoms with Crippen LogP contribution >= 0.6 is 0 Å². The van der Waals surface area contributed by atoms with Crippen LogP contribution in [-0.4, -0.2) is 25.5 Å². The number of carbonyl (C=O) groups is 1. The summed E-state index contributed by atoms with van der Waals surface area (Å²) in [7, 11) is 0. The summed E-state index contributed by atoms with van der Waals surface area (Å²) >= 11 is 0. The molecule has 0 aliphatic heterocycles. The quantitative estimate of drug-likeness (QED) is 0.466. The zero-order chi connectivity index (χ0) is 20.3. The highest BCUT2D eigenvalue weighted by molar-refractivity contribution is 6.01. The van der Waals surface area contributed by atoms with Crippen LogP contribution in [0.15, 0.2) is 89.7 Å². The van der Waals surface area contributed by atoms with E-state index in [4.69, 9.17) is 4.42 Å². The third-order valence-electron chi connectivity index (χ3n) is 4.86. The number of nitrogens with zero attached hydrogens (tertiary/aromatic N) is 4. The Morgan fingerprint density at radius 3 is 2.70 bits per heavy atom. The molecule has 0 aliphatic carbocycles. The van der Waals surface area contributed by atoms with Gasteiger partial charge in [-0.1, -0.05) is 42.5 Å². The fourth-order valence-corrected chi connectivity index (χ4v) is 3.44. The van der Waals surface area contributed by atoms with Crippen molar-refractivity contribution >= 4 is 22.5 Å². The van der Waals surface area contributed by atoms with Crippen LogP contribution in [0.3, 0.4) is 0 Å². The molecule has 0 radical (unpaired) electrons. The highest BCUT2D eigenvalue weighted by Gasteiger charge is 2.13. The molecule has 7 heteroatoms. The minimum Gasteiger partial charge on any atom is -0.454 e. The van der Waals surface area contributed by atoms with Gasteiger partial charge in [0.1, 0.15) is 5.76 Å². The van der Waals surface area contributed by atoms with Gasteiger partial charge in [0.05, 0.1) is 13.1 Å². The van der Waals surface area contributed by atoms with Crippen molar-refractivity contribution in [3.05, 3.63) is 102 Å². The van der Waals surface area contributed by atoms with E-state index in [-0.39, 0.29) is 11.7 Å². The molecule has 0 atom stereocenters. The minimum absolute atomic E-state index is 0.237. The van der Waals surface area contributed by atoms with Gasteiger partial charge in [-0.25, -0.2) is 0 Å². The molecule has 7 nitrogen and oxygen atoms in total. The normalized spacial score (nSPS) is 11.1. The van der Waals surface area contributed by atoms with Crippen LogP contribution in [0.5, 0.6) is 0 Å². The van der Waals surface area contributed by atoms with Gasteiger partial charge in [-0.05, 0) is 34.5 Å². The Labute approximate surface area is 172 Å². The second-order valence-electron chi connectivity index (χ2n) is 6.96. The molecular formula is C23H19N5O2. The molecule has 5 rings (SSSR count). The van der Waals surface area contributed by atoms with Crippen LogP contribution in [0.2, 0.25) is 0 Å². The molecule has 1 amide bonds. The SMILES string of the molecule is O=C(Nc1ccn(Cc2cccc3ccccc23)n1)c1ccc(Cn2cccn2)o1. The third kappa shape index (κ3) is 3.73. The van der Waals surface area contributed by atoms with Crippen molar-refractivity contribution < 1.29 is 9.21 Å². The average molecular weight is 397 g/mol. The number of fused-ring (bicyclic) bond motifs is 1. The number of hydrogen-bond donors (Lipinski definition) is 1. The Hall–Kier alpha value is -4.13. The first-order chi connectivity index (χ1) is 14.7. The number of hydrogen-bond acceptors (Lipinski definition) is 4.